The lowest BCUT2D eigenvalue weighted by atomic mass is 10.2. The first-order chi connectivity index (χ1) is 5.15. The Morgan fingerprint density at radius 2 is 1.91 bits per heavy atom. The lowest BCUT2D eigenvalue weighted by Crippen LogP contribution is -1.97. The molecule has 0 saturated heterocycles. The summed E-state index contributed by atoms with van der Waals surface area (Å²) in [5.41, 5.74) is 6.31. The Bertz CT molecular complexity index is 275. The summed E-state index contributed by atoms with van der Waals surface area (Å²) in [4.78, 5) is 0. The molecular weight excluding hydrogens is 296 g/mol. The third-order valence-electron chi connectivity index (χ3n) is 1.31. The Morgan fingerprint density at radius 3 is 2.45 bits per heavy atom. The van der Waals surface area contributed by atoms with E-state index in [9.17, 15) is 0 Å². The van der Waals surface area contributed by atoms with Crippen LogP contribution in [0, 0.1) is 3.57 Å². The van der Waals surface area contributed by atoms with Crippen LogP contribution in [-0.4, -0.2) is 0 Å². The van der Waals surface area contributed by atoms with Gasteiger partial charge in [-0.15, -0.1) is 0 Å². The fourth-order valence-corrected chi connectivity index (χ4v) is 1.80. The van der Waals surface area contributed by atoms with Gasteiger partial charge in [0.1, 0.15) is 0 Å². The highest BCUT2D eigenvalue weighted by molar-refractivity contribution is 14.1. The second kappa shape index (κ2) is 3.94. The van der Waals surface area contributed by atoms with Crippen molar-refractivity contribution in [1.29, 1.82) is 0 Å². The zero-order valence-electron chi connectivity index (χ0n) is 5.57. The highest BCUT2D eigenvalue weighted by atomic mass is 127. The molecule has 1 aromatic carbocycles. The first-order valence-electron chi connectivity index (χ1n) is 2.98. The molecule has 0 spiro atoms. The molecule has 0 aliphatic heterocycles. The summed E-state index contributed by atoms with van der Waals surface area (Å²) in [6, 6.07) is 3.61. The van der Waals surface area contributed by atoms with Gasteiger partial charge in [0.2, 0.25) is 0 Å². The van der Waals surface area contributed by atoms with E-state index in [4.69, 9.17) is 28.9 Å². The van der Waals surface area contributed by atoms with Gasteiger partial charge < -0.3 is 5.73 Å². The van der Waals surface area contributed by atoms with Crippen LogP contribution >= 0.6 is 45.8 Å². The molecule has 0 bridgehead atoms. The van der Waals surface area contributed by atoms with Crippen LogP contribution in [0.15, 0.2) is 12.1 Å². The molecule has 0 aromatic heterocycles. The Balaban J connectivity index is 3.21. The molecule has 60 valence electrons. The molecule has 1 rings (SSSR count). The maximum Gasteiger partial charge on any atom is 0.0543 e. The quantitative estimate of drug-likeness (QED) is 0.626. The summed E-state index contributed by atoms with van der Waals surface area (Å²) >= 11 is 13.8. The third kappa shape index (κ3) is 2.21. The number of hydrogen-bond acceptors (Lipinski definition) is 1. The van der Waals surface area contributed by atoms with Crippen LogP contribution in [0.1, 0.15) is 5.56 Å². The van der Waals surface area contributed by atoms with Crippen LogP contribution in [0.4, 0.5) is 0 Å². The molecule has 1 nitrogen and oxygen atoms in total. The molecule has 0 aliphatic carbocycles. The number of nitrogens with two attached hydrogens (primary N) is 1. The highest BCUT2D eigenvalue weighted by Crippen LogP contribution is 2.25. The number of hydrogen-bond donors (Lipinski definition) is 1. The van der Waals surface area contributed by atoms with E-state index in [0.717, 1.165) is 9.13 Å². The van der Waals surface area contributed by atoms with Crippen LogP contribution < -0.4 is 5.73 Å². The maximum absolute atomic E-state index is 5.86. The summed E-state index contributed by atoms with van der Waals surface area (Å²) in [5.74, 6) is 0. The Kier molecular flexibility index (Phi) is 3.43. The van der Waals surface area contributed by atoms with Gasteiger partial charge >= 0.3 is 0 Å². The number of benzene rings is 1. The van der Waals surface area contributed by atoms with E-state index in [1.54, 1.807) is 6.07 Å². The molecule has 2 N–H and O–H groups in total. The smallest absolute Gasteiger partial charge is 0.0543 e. The molecule has 0 fully saturated rings. The second-order valence-electron chi connectivity index (χ2n) is 2.06. The molecule has 0 atom stereocenters. The molecule has 0 saturated carbocycles. The van der Waals surface area contributed by atoms with E-state index in [2.05, 4.69) is 22.6 Å². The van der Waals surface area contributed by atoms with Crippen LogP contribution in [0.5, 0.6) is 0 Å². The van der Waals surface area contributed by atoms with Crippen LogP contribution in [0.3, 0.4) is 0 Å². The Hall–Kier alpha value is 0.490. The van der Waals surface area contributed by atoms with E-state index < -0.39 is 0 Å². The van der Waals surface area contributed by atoms with Crippen molar-refractivity contribution in [3.63, 3.8) is 0 Å². The molecule has 11 heavy (non-hydrogen) atoms. The maximum atomic E-state index is 5.86. The largest absolute Gasteiger partial charge is 0.326 e. The molecule has 0 radical (unpaired) electrons. The van der Waals surface area contributed by atoms with Crippen molar-refractivity contribution in [3.8, 4) is 0 Å². The molecule has 0 unspecified atom stereocenters. The van der Waals surface area contributed by atoms with Crippen molar-refractivity contribution < 1.29 is 0 Å². The van der Waals surface area contributed by atoms with E-state index in [0.29, 0.717) is 16.6 Å². The minimum atomic E-state index is 0.426. The number of halogens is 3. The lowest BCUT2D eigenvalue weighted by Gasteiger charge is -2.02. The average molecular weight is 302 g/mol. The fraction of sp³-hybridized carbons (Fsp3) is 0.143. The zero-order chi connectivity index (χ0) is 8.43. The molecule has 0 heterocycles. The van der Waals surface area contributed by atoms with Crippen molar-refractivity contribution in [2.45, 2.75) is 6.54 Å². The molecule has 0 aliphatic rings. The van der Waals surface area contributed by atoms with Crippen molar-refractivity contribution in [2.24, 2.45) is 5.73 Å². The zero-order valence-corrected chi connectivity index (χ0v) is 9.24. The van der Waals surface area contributed by atoms with Gasteiger partial charge in [-0.2, -0.15) is 0 Å². The van der Waals surface area contributed by atoms with Gasteiger partial charge in [-0.1, -0.05) is 23.2 Å². The van der Waals surface area contributed by atoms with E-state index >= 15 is 0 Å². The highest BCUT2D eigenvalue weighted by Gasteiger charge is 2.02. The predicted molar refractivity (Wildman–Crippen MR) is 57.1 cm³/mol. The van der Waals surface area contributed by atoms with Gasteiger partial charge in [0, 0.05) is 15.1 Å². The van der Waals surface area contributed by atoms with Gasteiger partial charge in [0.05, 0.1) is 5.02 Å². The van der Waals surface area contributed by atoms with Gasteiger partial charge in [-0.3, -0.25) is 0 Å². The van der Waals surface area contributed by atoms with Crippen LogP contribution in [-0.2, 0) is 6.54 Å². The van der Waals surface area contributed by atoms with Crippen LogP contribution in [0.25, 0.3) is 0 Å². The monoisotopic (exact) mass is 301 g/mol. The summed E-state index contributed by atoms with van der Waals surface area (Å²) in [5, 5.41) is 1.39. The first kappa shape index (κ1) is 9.58. The van der Waals surface area contributed by atoms with Crippen molar-refractivity contribution >= 4 is 45.8 Å². The minimum Gasteiger partial charge on any atom is -0.326 e. The summed E-state index contributed by atoms with van der Waals surface area (Å²) < 4.78 is 0.950. The SMILES string of the molecule is NCc1cc(Cl)c(I)cc1Cl. The topological polar surface area (TPSA) is 26.0 Å². The summed E-state index contributed by atoms with van der Waals surface area (Å²) in [7, 11) is 0. The molecule has 0 amide bonds. The summed E-state index contributed by atoms with van der Waals surface area (Å²) in [6.07, 6.45) is 0. The van der Waals surface area contributed by atoms with Crippen molar-refractivity contribution in [2.75, 3.05) is 0 Å². The third-order valence-corrected chi connectivity index (χ3v) is 3.19. The average Bonchev–Trinajstić information content (AvgIpc) is 1.97. The number of rotatable bonds is 1. The molecular formula is C7H6Cl2IN. The lowest BCUT2D eigenvalue weighted by molar-refractivity contribution is 1.07. The van der Waals surface area contributed by atoms with Gasteiger partial charge in [-0.25, -0.2) is 0 Å². The predicted octanol–water partition coefficient (Wildman–Crippen LogP) is 3.06. The normalized spacial score (nSPS) is 10.2. The Labute approximate surface area is 89.0 Å². The van der Waals surface area contributed by atoms with E-state index in [1.165, 1.54) is 0 Å². The minimum absolute atomic E-state index is 0.426. The fourth-order valence-electron chi connectivity index (χ4n) is 0.720. The molecule has 4 heteroatoms. The molecule has 1 aromatic rings. The van der Waals surface area contributed by atoms with E-state index in [1.807, 2.05) is 6.07 Å². The van der Waals surface area contributed by atoms with Gasteiger partial charge in [-0.05, 0) is 40.3 Å². The standard InChI is InChI=1S/C7H6Cl2IN/c8-5-2-7(10)6(9)1-4(5)3-11/h1-2H,3,11H2. The van der Waals surface area contributed by atoms with Crippen LogP contribution in [0.2, 0.25) is 10.0 Å². The van der Waals surface area contributed by atoms with Crippen molar-refractivity contribution in [1.82, 2.24) is 0 Å². The van der Waals surface area contributed by atoms with Crippen molar-refractivity contribution in [3.05, 3.63) is 31.3 Å². The Morgan fingerprint density at radius 1 is 1.27 bits per heavy atom. The second-order valence-corrected chi connectivity index (χ2v) is 4.04. The van der Waals surface area contributed by atoms with E-state index in [-0.39, 0.29) is 0 Å². The first-order valence-corrected chi connectivity index (χ1v) is 4.82. The summed E-state index contributed by atoms with van der Waals surface area (Å²) in [6.45, 7) is 0.426. The van der Waals surface area contributed by atoms with Gasteiger partial charge in [0.15, 0.2) is 0 Å². The van der Waals surface area contributed by atoms with Gasteiger partial charge in [0.25, 0.3) is 0 Å².